The second kappa shape index (κ2) is 4.72. The fourth-order valence-corrected chi connectivity index (χ4v) is 1.99. The average molecular weight is 255 g/mol. The highest BCUT2D eigenvalue weighted by Gasteiger charge is 2.25. The van der Waals surface area contributed by atoms with Crippen molar-refractivity contribution in [3.05, 3.63) is 34.9 Å². The van der Waals surface area contributed by atoms with E-state index in [0.717, 1.165) is 12.8 Å². The molecule has 1 saturated heterocycles. The van der Waals surface area contributed by atoms with Crippen molar-refractivity contribution in [1.82, 2.24) is 4.90 Å². The van der Waals surface area contributed by atoms with Gasteiger partial charge in [0, 0.05) is 13.1 Å². The van der Waals surface area contributed by atoms with Crippen molar-refractivity contribution in [3.63, 3.8) is 0 Å². The van der Waals surface area contributed by atoms with Crippen LogP contribution < -0.4 is 0 Å². The molecule has 1 aromatic carbocycles. The van der Waals surface area contributed by atoms with Crippen LogP contribution in [0, 0.1) is 11.6 Å². The molecule has 4 nitrogen and oxygen atoms in total. The molecule has 6 heteroatoms. The lowest BCUT2D eigenvalue weighted by atomic mass is 10.1. The van der Waals surface area contributed by atoms with E-state index in [-0.39, 0.29) is 5.56 Å². The third-order valence-electron chi connectivity index (χ3n) is 2.91. The van der Waals surface area contributed by atoms with Crippen LogP contribution in [0.5, 0.6) is 0 Å². The minimum atomic E-state index is -1.45. The van der Waals surface area contributed by atoms with Gasteiger partial charge in [-0.2, -0.15) is 0 Å². The van der Waals surface area contributed by atoms with Gasteiger partial charge < -0.3 is 10.0 Å². The molecule has 18 heavy (non-hydrogen) atoms. The molecule has 0 spiro atoms. The second-order valence-electron chi connectivity index (χ2n) is 4.12. The van der Waals surface area contributed by atoms with Crippen LogP contribution >= 0.6 is 0 Å². The highest BCUT2D eigenvalue weighted by atomic mass is 19.2. The third-order valence-corrected chi connectivity index (χ3v) is 2.91. The van der Waals surface area contributed by atoms with Crippen LogP contribution in [0.15, 0.2) is 12.1 Å². The van der Waals surface area contributed by atoms with Gasteiger partial charge in [0.15, 0.2) is 11.6 Å². The molecular weight excluding hydrogens is 244 g/mol. The number of rotatable bonds is 2. The van der Waals surface area contributed by atoms with Gasteiger partial charge in [0.05, 0.1) is 11.1 Å². The summed E-state index contributed by atoms with van der Waals surface area (Å²) in [4.78, 5) is 24.4. The first-order valence-electron chi connectivity index (χ1n) is 5.52. The molecule has 96 valence electrons. The molecule has 1 amide bonds. The summed E-state index contributed by atoms with van der Waals surface area (Å²) in [5, 5.41) is 8.91. The van der Waals surface area contributed by atoms with Gasteiger partial charge in [0.2, 0.25) is 0 Å². The average Bonchev–Trinajstić information content (AvgIpc) is 2.84. The Morgan fingerprint density at radius 3 is 2.06 bits per heavy atom. The summed E-state index contributed by atoms with van der Waals surface area (Å²) in [7, 11) is 0. The maximum absolute atomic E-state index is 13.1. The van der Waals surface area contributed by atoms with Crippen LogP contribution in [0.3, 0.4) is 0 Å². The minimum absolute atomic E-state index is 0.302. The highest BCUT2D eigenvalue weighted by molar-refractivity contribution is 6.04. The summed E-state index contributed by atoms with van der Waals surface area (Å²) >= 11 is 0. The number of amides is 1. The molecule has 1 aromatic rings. The van der Waals surface area contributed by atoms with Crippen molar-refractivity contribution in [2.45, 2.75) is 12.8 Å². The van der Waals surface area contributed by atoms with Gasteiger partial charge >= 0.3 is 5.97 Å². The molecule has 0 radical (unpaired) electrons. The molecule has 0 bridgehead atoms. The van der Waals surface area contributed by atoms with E-state index in [1.807, 2.05) is 0 Å². The Hall–Kier alpha value is -1.98. The number of carbonyl (C=O) groups excluding carboxylic acids is 1. The zero-order valence-corrected chi connectivity index (χ0v) is 9.45. The van der Waals surface area contributed by atoms with Gasteiger partial charge in [-0.15, -0.1) is 0 Å². The van der Waals surface area contributed by atoms with Crippen LogP contribution in [0.25, 0.3) is 0 Å². The Labute approximate surface area is 102 Å². The van der Waals surface area contributed by atoms with E-state index in [0.29, 0.717) is 25.2 Å². The summed E-state index contributed by atoms with van der Waals surface area (Å²) in [5.74, 6) is -4.51. The predicted molar refractivity (Wildman–Crippen MR) is 58.5 cm³/mol. The summed E-state index contributed by atoms with van der Waals surface area (Å²) in [6, 6.07) is 1.19. The maximum Gasteiger partial charge on any atom is 0.336 e. The van der Waals surface area contributed by atoms with Crippen LogP contribution in [0.4, 0.5) is 8.78 Å². The number of benzene rings is 1. The van der Waals surface area contributed by atoms with E-state index >= 15 is 0 Å². The van der Waals surface area contributed by atoms with Gasteiger partial charge in [0.1, 0.15) is 0 Å². The van der Waals surface area contributed by atoms with E-state index in [9.17, 15) is 18.4 Å². The Morgan fingerprint density at radius 2 is 1.56 bits per heavy atom. The second-order valence-corrected chi connectivity index (χ2v) is 4.12. The Bertz CT molecular complexity index is 510. The quantitative estimate of drug-likeness (QED) is 0.878. The van der Waals surface area contributed by atoms with Crippen LogP contribution in [-0.4, -0.2) is 35.0 Å². The van der Waals surface area contributed by atoms with Gasteiger partial charge in [-0.1, -0.05) is 0 Å². The third kappa shape index (κ3) is 2.18. The molecule has 1 aliphatic rings. The highest BCUT2D eigenvalue weighted by Crippen LogP contribution is 2.19. The van der Waals surface area contributed by atoms with Gasteiger partial charge in [-0.25, -0.2) is 13.6 Å². The number of hydrogen-bond acceptors (Lipinski definition) is 2. The van der Waals surface area contributed by atoms with Crippen molar-refractivity contribution >= 4 is 11.9 Å². The summed E-state index contributed by atoms with van der Waals surface area (Å²) < 4.78 is 26.1. The Balaban J connectivity index is 2.44. The molecule has 1 N–H and O–H groups in total. The monoisotopic (exact) mass is 255 g/mol. The number of nitrogens with zero attached hydrogens (tertiary/aromatic N) is 1. The lowest BCUT2D eigenvalue weighted by molar-refractivity contribution is 0.0680. The first-order chi connectivity index (χ1) is 8.50. The molecule has 1 heterocycles. The molecule has 0 unspecified atom stereocenters. The first kappa shape index (κ1) is 12.5. The largest absolute Gasteiger partial charge is 0.478 e. The van der Waals surface area contributed by atoms with E-state index in [1.54, 1.807) is 0 Å². The number of carbonyl (C=O) groups is 2. The van der Waals surface area contributed by atoms with E-state index < -0.39 is 29.1 Å². The lowest BCUT2D eigenvalue weighted by Gasteiger charge is -2.16. The van der Waals surface area contributed by atoms with E-state index in [4.69, 9.17) is 5.11 Å². The van der Waals surface area contributed by atoms with Gasteiger partial charge in [-0.05, 0) is 25.0 Å². The maximum atomic E-state index is 13.1. The van der Waals surface area contributed by atoms with E-state index in [1.165, 1.54) is 4.90 Å². The number of hydrogen-bond donors (Lipinski definition) is 1. The molecule has 1 fully saturated rings. The summed E-state index contributed by atoms with van der Waals surface area (Å²) in [5.41, 5.74) is -0.811. The number of halogens is 2. The zero-order chi connectivity index (χ0) is 13.3. The SMILES string of the molecule is O=C(O)c1cc(F)c(F)cc1C(=O)N1CCCC1. The predicted octanol–water partition coefficient (Wildman–Crippen LogP) is 1.90. The summed E-state index contributed by atoms with van der Waals surface area (Å²) in [6.07, 6.45) is 1.66. The molecule has 2 rings (SSSR count). The van der Waals surface area contributed by atoms with Crippen molar-refractivity contribution in [1.29, 1.82) is 0 Å². The zero-order valence-electron chi connectivity index (χ0n) is 9.45. The fourth-order valence-electron chi connectivity index (χ4n) is 1.99. The standard InChI is InChI=1S/C12H11F2NO3/c13-9-5-7(8(12(17)18)6-10(9)14)11(16)15-3-1-2-4-15/h5-6H,1-4H2,(H,17,18). The van der Waals surface area contributed by atoms with Crippen molar-refractivity contribution in [3.8, 4) is 0 Å². The van der Waals surface area contributed by atoms with Crippen molar-refractivity contribution in [2.75, 3.05) is 13.1 Å². The van der Waals surface area contributed by atoms with Crippen LogP contribution in [0.2, 0.25) is 0 Å². The number of carboxylic acids is 1. The van der Waals surface area contributed by atoms with Gasteiger partial charge in [-0.3, -0.25) is 4.79 Å². The molecule has 0 atom stereocenters. The minimum Gasteiger partial charge on any atom is -0.478 e. The number of likely N-dealkylation sites (tertiary alicyclic amines) is 1. The van der Waals surface area contributed by atoms with E-state index in [2.05, 4.69) is 0 Å². The topological polar surface area (TPSA) is 57.6 Å². The fraction of sp³-hybridized carbons (Fsp3) is 0.333. The lowest BCUT2D eigenvalue weighted by Crippen LogP contribution is -2.29. The smallest absolute Gasteiger partial charge is 0.336 e. The Morgan fingerprint density at radius 1 is 1.06 bits per heavy atom. The normalized spacial score (nSPS) is 14.9. The number of carboxylic acid groups (broad SMARTS) is 1. The van der Waals surface area contributed by atoms with Gasteiger partial charge in [0.25, 0.3) is 5.91 Å². The summed E-state index contributed by atoms with van der Waals surface area (Å²) in [6.45, 7) is 1.02. The van der Waals surface area contributed by atoms with Crippen LogP contribution in [0.1, 0.15) is 33.6 Å². The van der Waals surface area contributed by atoms with Crippen LogP contribution in [-0.2, 0) is 0 Å². The molecule has 0 aliphatic carbocycles. The number of aromatic carboxylic acids is 1. The Kier molecular flexibility index (Phi) is 3.27. The molecule has 0 saturated carbocycles. The first-order valence-corrected chi connectivity index (χ1v) is 5.52. The molecule has 1 aliphatic heterocycles. The molecule has 0 aromatic heterocycles. The van der Waals surface area contributed by atoms with Crippen molar-refractivity contribution in [2.24, 2.45) is 0 Å². The molecular formula is C12H11F2NO3. The van der Waals surface area contributed by atoms with Crippen molar-refractivity contribution < 1.29 is 23.5 Å².